The molecule has 3 heteroatoms. The number of pyridine rings is 1. The second kappa shape index (κ2) is 6.54. The zero-order valence-corrected chi connectivity index (χ0v) is 12.9. The quantitative estimate of drug-likeness (QED) is 0.878. The largest absolute Gasteiger partial charge is 0.378 e. The molecule has 1 fully saturated rings. The zero-order valence-electron chi connectivity index (χ0n) is 12.9. The van der Waals surface area contributed by atoms with Gasteiger partial charge in [-0.05, 0) is 50.1 Å². The molecule has 1 aromatic carbocycles. The van der Waals surface area contributed by atoms with Gasteiger partial charge in [0.15, 0.2) is 0 Å². The van der Waals surface area contributed by atoms with Gasteiger partial charge in [-0.25, -0.2) is 0 Å². The molecule has 0 spiro atoms. The average Bonchev–Trinajstić information content (AvgIpc) is 2.49. The van der Waals surface area contributed by atoms with Crippen LogP contribution in [-0.4, -0.2) is 24.7 Å². The third kappa shape index (κ3) is 3.09. The Kier molecular flexibility index (Phi) is 4.51. The van der Waals surface area contributed by atoms with E-state index < -0.39 is 0 Å². The molecule has 1 aliphatic rings. The summed E-state index contributed by atoms with van der Waals surface area (Å²) in [6.07, 6.45) is 8.01. The van der Waals surface area contributed by atoms with Crippen LogP contribution in [0, 0.1) is 5.92 Å². The fourth-order valence-electron chi connectivity index (χ4n) is 3.39. The van der Waals surface area contributed by atoms with Crippen LogP contribution in [0.1, 0.15) is 37.8 Å². The van der Waals surface area contributed by atoms with Gasteiger partial charge in [0.05, 0.1) is 6.10 Å². The van der Waals surface area contributed by atoms with Crippen molar-refractivity contribution in [2.45, 2.75) is 38.3 Å². The molecule has 1 heterocycles. The summed E-state index contributed by atoms with van der Waals surface area (Å²) in [5.74, 6) is 0.762. The van der Waals surface area contributed by atoms with Crippen molar-refractivity contribution in [2.75, 3.05) is 13.7 Å². The van der Waals surface area contributed by atoms with E-state index in [9.17, 15) is 0 Å². The third-order valence-electron chi connectivity index (χ3n) is 4.59. The van der Waals surface area contributed by atoms with Crippen molar-refractivity contribution in [1.82, 2.24) is 10.3 Å². The van der Waals surface area contributed by atoms with Gasteiger partial charge in [-0.2, -0.15) is 0 Å². The van der Waals surface area contributed by atoms with Gasteiger partial charge in [0, 0.05) is 30.4 Å². The first-order valence-corrected chi connectivity index (χ1v) is 7.93. The van der Waals surface area contributed by atoms with Gasteiger partial charge in [0.2, 0.25) is 0 Å². The van der Waals surface area contributed by atoms with Crippen molar-refractivity contribution in [3.63, 3.8) is 0 Å². The first kappa shape index (κ1) is 14.5. The Bertz CT molecular complexity index is 587. The first-order valence-electron chi connectivity index (χ1n) is 7.93. The number of fused-ring (bicyclic) bond motifs is 1. The van der Waals surface area contributed by atoms with Crippen LogP contribution in [0.25, 0.3) is 10.8 Å². The lowest BCUT2D eigenvalue weighted by Gasteiger charge is -2.37. The van der Waals surface area contributed by atoms with Gasteiger partial charge >= 0.3 is 0 Å². The van der Waals surface area contributed by atoms with Crippen molar-refractivity contribution in [1.29, 1.82) is 0 Å². The third-order valence-corrected chi connectivity index (χ3v) is 4.59. The highest BCUT2D eigenvalue weighted by molar-refractivity contribution is 5.85. The van der Waals surface area contributed by atoms with Crippen molar-refractivity contribution in [3.05, 3.63) is 42.2 Å². The molecule has 1 unspecified atom stereocenters. The summed E-state index contributed by atoms with van der Waals surface area (Å²) >= 11 is 0. The number of benzene rings is 1. The minimum atomic E-state index is 0.371. The normalized spacial score (nSPS) is 23.0. The van der Waals surface area contributed by atoms with Crippen LogP contribution in [0.15, 0.2) is 36.7 Å². The van der Waals surface area contributed by atoms with E-state index in [2.05, 4.69) is 41.5 Å². The molecule has 0 saturated heterocycles. The lowest BCUT2D eigenvalue weighted by molar-refractivity contribution is -0.0289. The number of nitrogens with zero attached hydrogens (tertiary/aromatic N) is 1. The molecule has 1 aliphatic carbocycles. The molecule has 3 nitrogen and oxygen atoms in total. The Morgan fingerprint density at radius 3 is 2.86 bits per heavy atom. The van der Waals surface area contributed by atoms with E-state index in [0.29, 0.717) is 12.1 Å². The van der Waals surface area contributed by atoms with Crippen LogP contribution >= 0.6 is 0 Å². The molecule has 2 aromatic rings. The van der Waals surface area contributed by atoms with E-state index in [1.165, 1.54) is 29.2 Å². The maximum atomic E-state index is 5.67. The smallest absolute Gasteiger partial charge is 0.0580 e. The topological polar surface area (TPSA) is 34.1 Å². The molecule has 112 valence electrons. The first-order chi connectivity index (χ1) is 10.3. The van der Waals surface area contributed by atoms with Crippen molar-refractivity contribution in [2.24, 2.45) is 5.92 Å². The van der Waals surface area contributed by atoms with Crippen molar-refractivity contribution in [3.8, 4) is 0 Å². The highest BCUT2D eigenvalue weighted by atomic mass is 16.5. The molecule has 3 rings (SSSR count). The molecule has 0 amide bonds. The fraction of sp³-hybridized carbons (Fsp3) is 0.500. The Morgan fingerprint density at radius 2 is 2.10 bits per heavy atom. The summed E-state index contributed by atoms with van der Waals surface area (Å²) in [4.78, 5) is 4.41. The number of ether oxygens (including phenoxy) is 1. The van der Waals surface area contributed by atoms with Crippen LogP contribution in [0.4, 0.5) is 0 Å². The minimum Gasteiger partial charge on any atom is -0.378 e. The Hall–Kier alpha value is -1.45. The van der Waals surface area contributed by atoms with E-state index in [4.69, 9.17) is 4.74 Å². The standard InChI is InChI=1S/C18H24N2O/c1-3-21-15-8-13(9-15)10-18(19-2)17-12-20-11-14-6-4-5-7-16(14)17/h4-7,11-13,15,18-19H,3,8-10H2,1-2H3. The number of hydrogen-bond donors (Lipinski definition) is 1. The highest BCUT2D eigenvalue weighted by Gasteiger charge is 2.31. The van der Waals surface area contributed by atoms with Gasteiger partial charge in [0.25, 0.3) is 0 Å². The summed E-state index contributed by atoms with van der Waals surface area (Å²) in [5.41, 5.74) is 1.32. The van der Waals surface area contributed by atoms with Gasteiger partial charge < -0.3 is 10.1 Å². The summed E-state index contributed by atoms with van der Waals surface area (Å²) in [7, 11) is 2.05. The number of rotatable bonds is 6. The minimum absolute atomic E-state index is 0.371. The molecular weight excluding hydrogens is 260 g/mol. The Balaban J connectivity index is 1.74. The molecule has 0 aliphatic heterocycles. The van der Waals surface area contributed by atoms with Crippen LogP contribution < -0.4 is 5.32 Å². The Morgan fingerprint density at radius 1 is 1.29 bits per heavy atom. The monoisotopic (exact) mass is 284 g/mol. The van der Waals surface area contributed by atoms with Gasteiger partial charge in [-0.15, -0.1) is 0 Å². The summed E-state index contributed by atoms with van der Waals surface area (Å²) in [5, 5.41) is 6.01. The highest BCUT2D eigenvalue weighted by Crippen LogP contribution is 2.38. The predicted octanol–water partition coefficient (Wildman–Crippen LogP) is 3.70. The molecule has 1 N–H and O–H groups in total. The molecule has 0 radical (unpaired) electrons. The van der Waals surface area contributed by atoms with E-state index in [1.54, 1.807) is 0 Å². The van der Waals surface area contributed by atoms with Gasteiger partial charge in [0.1, 0.15) is 0 Å². The molecule has 1 atom stereocenters. The van der Waals surface area contributed by atoms with E-state index in [-0.39, 0.29) is 0 Å². The number of hydrogen-bond acceptors (Lipinski definition) is 3. The van der Waals surface area contributed by atoms with Crippen LogP contribution in [-0.2, 0) is 4.74 Å². The number of aromatic nitrogens is 1. The summed E-state index contributed by atoms with van der Waals surface area (Å²) in [6, 6.07) is 8.87. The van der Waals surface area contributed by atoms with Crippen LogP contribution in [0.5, 0.6) is 0 Å². The molecule has 1 saturated carbocycles. The summed E-state index contributed by atoms with van der Waals surface area (Å²) in [6.45, 7) is 2.91. The zero-order chi connectivity index (χ0) is 14.7. The number of nitrogens with one attached hydrogen (secondary N) is 1. The lowest BCUT2D eigenvalue weighted by Crippen LogP contribution is -2.34. The van der Waals surface area contributed by atoms with Crippen LogP contribution in [0.2, 0.25) is 0 Å². The fourth-order valence-corrected chi connectivity index (χ4v) is 3.39. The molecule has 0 bridgehead atoms. The van der Waals surface area contributed by atoms with Crippen molar-refractivity contribution >= 4 is 10.8 Å². The van der Waals surface area contributed by atoms with Crippen molar-refractivity contribution < 1.29 is 4.74 Å². The van der Waals surface area contributed by atoms with Gasteiger partial charge in [-0.3, -0.25) is 4.98 Å². The molecular formula is C18H24N2O. The maximum Gasteiger partial charge on any atom is 0.0580 e. The Labute approximate surface area is 126 Å². The predicted molar refractivity (Wildman–Crippen MR) is 86.3 cm³/mol. The van der Waals surface area contributed by atoms with E-state index in [1.807, 2.05) is 19.4 Å². The molecule has 1 aromatic heterocycles. The SMILES string of the molecule is CCOC1CC(CC(NC)c2cncc3ccccc23)C1. The maximum absolute atomic E-state index is 5.67. The average molecular weight is 284 g/mol. The lowest BCUT2D eigenvalue weighted by atomic mass is 9.77. The van der Waals surface area contributed by atoms with Crippen LogP contribution in [0.3, 0.4) is 0 Å². The molecule has 21 heavy (non-hydrogen) atoms. The second-order valence-corrected chi connectivity index (χ2v) is 5.94. The van der Waals surface area contributed by atoms with E-state index in [0.717, 1.165) is 18.9 Å². The summed E-state index contributed by atoms with van der Waals surface area (Å²) < 4.78 is 5.67. The van der Waals surface area contributed by atoms with E-state index >= 15 is 0 Å². The van der Waals surface area contributed by atoms with Gasteiger partial charge in [-0.1, -0.05) is 24.3 Å². The second-order valence-electron chi connectivity index (χ2n) is 5.94.